The van der Waals surface area contributed by atoms with E-state index in [1.165, 1.54) is 0 Å². The van der Waals surface area contributed by atoms with Crippen LogP contribution in [0.3, 0.4) is 0 Å². The van der Waals surface area contributed by atoms with Gasteiger partial charge >= 0.3 is 0 Å². The number of rotatable bonds is 0. The molecule has 0 atom stereocenters. The van der Waals surface area contributed by atoms with Gasteiger partial charge < -0.3 is 0 Å². The van der Waals surface area contributed by atoms with Crippen molar-refractivity contribution in [3.63, 3.8) is 0 Å². The molecular formula is C8H6NY-. The molecule has 0 saturated carbocycles. The molecule has 0 amide bonds. The molecular weight excluding hydrogens is 199 g/mol. The van der Waals surface area contributed by atoms with Gasteiger partial charge in [-0.1, -0.05) is 12.5 Å². The first-order chi connectivity index (χ1) is 4.34. The van der Waals surface area contributed by atoms with Crippen molar-refractivity contribution in [1.82, 2.24) is 0 Å². The smallest absolute Gasteiger partial charge is 0 e. The van der Waals surface area contributed by atoms with Crippen LogP contribution >= 0.6 is 0 Å². The molecule has 2 heteroatoms. The Morgan fingerprint density at radius 1 is 1.60 bits per heavy atom. The number of hydrogen-bond donors (Lipinski definition) is 0. The number of aryl methyl sites for hydroxylation is 1. The fraction of sp³-hybridized carbons (Fsp3) is 0.125. The minimum absolute atomic E-state index is 0. The summed E-state index contributed by atoms with van der Waals surface area (Å²) < 4.78 is 0. The van der Waals surface area contributed by atoms with Crippen molar-refractivity contribution in [2.45, 2.75) is 6.92 Å². The van der Waals surface area contributed by atoms with Crippen LogP contribution in [0.2, 0.25) is 0 Å². The van der Waals surface area contributed by atoms with Gasteiger partial charge in [0.15, 0.2) is 0 Å². The van der Waals surface area contributed by atoms with Crippen molar-refractivity contribution < 1.29 is 32.7 Å². The summed E-state index contributed by atoms with van der Waals surface area (Å²) >= 11 is 0. The summed E-state index contributed by atoms with van der Waals surface area (Å²) in [5.41, 5.74) is 1.62. The molecule has 0 fully saturated rings. The molecule has 1 aromatic carbocycles. The number of nitriles is 1. The number of benzene rings is 1. The second kappa shape index (κ2) is 4.60. The summed E-state index contributed by atoms with van der Waals surface area (Å²) in [6, 6.07) is 10.4. The maximum Gasteiger partial charge on any atom is 0 e. The van der Waals surface area contributed by atoms with Crippen LogP contribution in [0.5, 0.6) is 0 Å². The third-order valence-corrected chi connectivity index (χ3v) is 1.18. The number of hydrogen-bond acceptors (Lipinski definition) is 1. The summed E-state index contributed by atoms with van der Waals surface area (Å²) in [4.78, 5) is 0. The zero-order valence-electron chi connectivity index (χ0n) is 5.76. The summed E-state index contributed by atoms with van der Waals surface area (Å²) in [5, 5.41) is 8.44. The van der Waals surface area contributed by atoms with E-state index in [9.17, 15) is 0 Å². The third kappa shape index (κ3) is 2.21. The Labute approximate surface area is 85.9 Å². The zero-order valence-corrected chi connectivity index (χ0v) is 8.59. The molecule has 0 aliphatic rings. The van der Waals surface area contributed by atoms with E-state index < -0.39 is 0 Å². The molecule has 0 N–H and O–H groups in total. The average molecular weight is 205 g/mol. The van der Waals surface area contributed by atoms with Crippen molar-refractivity contribution in [3.05, 3.63) is 35.4 Å². The van der Waals surface area contributed by atoms with Gasteiger partial charge in [-0.25, -0.2) is 0 Å². The average Bonchev–Trinajstić information content (AvgIpc) is 1.89. The second-order valence-electron chi connectivity index (χ2n) is 1.84. The third-order valence-electron chi connectivity index (χ3n) is 1.18. The Morgan fingerprint density at radius 2 is 2.30 bits per heavy atom. The van der Waals surface area contributed by atoms with E-state index in [2.05, 4.69) is 6.07 Å². The van der Waals surface area contributed by atoms with Crippen LogP contribution in [0.1, 0.15) is 11.1 Å². The summed E-state index contributed by atoms with van der Waals surface area (Å²) in [7, 11) is 0. The van der Waals surface area contributed by atoms with Gasteiger partial charge in [-0.3, -0.25) is 5.26 Å². The molecule has 0 bridgehead atoms. The first-order valence-electron chi connectivity index (χ1n) is 2.72. The Hall–Kier alpha value is -0.186. The molecule has 10 heavy (non-hydrogen) atoms. The molecule has 1 rings (SSSR count). The van der Waals surface area contributed by atoms with Gasteiger partial charge in [-0.05, 0) is 6.07 Å². The summed E-state index contributed by atoms with van der Waals surface area (Å²) in [5.74, 6) is 0. The Kier molecular flexibility index (Phi) is 4.52. The van der Waals surface area contributed by atoms with Crippen molar-refractivity contribution in [2.75, 3.05) is 0 Å². The fourth-order valence-electron chi connectivity index (χ4n) is 0.642. The molecule has 1 nitrogen and oxygen atoms in total. The zero-order chi connectivity index (χ0) is 6.69. The maximum atomic E-state index is 8.44. The van der Waals surface area contributed by atoms with Crippen LogP contribution in [0.15, 0.2) is 18.2 Å². The largest absolute Gasteiger partial charge is 0.262 e. The first kappa shape index (κ1) is 9.81. The monoisotopic (exact) mass is 205 g/mol. The van der Waals surface area contributed by atoms with E-state index in [4.69, 9.17) is 5.26 Å². The van der Waals surface area contributed by atoms with E-state index >= 15 is 0 Å². The predicted molar refractivity (Wildman–Crippen MR) is 34.7 cm³/mol. The maximum absolute atomic E-state index is 8.44. The Morgan fingerprint density at radius 3 is 2.70 bits per heavy atom. The van der Waals surface area contributed by atoms with Gasteiger partial charge in [0.05, 0.1) is 0 Å². The molecule has 0 aromatic heterocycles. The van der Waals surface area contributed by atoms with E-state index in [1.54, 1.807) is 6.07 Å². The van der Waals surface area contributed by atoms with Crippen LogP contribution < -0.4 is 0 Å². The van der Waals surface area contributed by atoms with Gasteiger partial charge in [-0.2, -0.15) is 0 Å². The second-order valence-corrected chi connectivity index (χ2v) is 1.84. The van der Waals surface area contributed by atoms with Gasteiger partial charge in [-0.15, -0.1) is 29.8 Å². The Bertz CT molecular complexity index is 250. The predicted octanol–water partition coefficient (Wildman–Crippen LogP) is 1.66. The minimum atomic E-state index is 0. The van der Waals surface area contributed by atoms with Crippen LogP contribution in [-0.2, 0) is 32.7 Å². The van der Waals surface area contributed by atoms with Crippen LogP contribution in [0.25, 0.3) is 0 Å². The summed E-state index contributed by atoms with van der Waals surface area (Å²) in [6.45, 7) is 1.90. The molecule has 0 unspecified atom stereocenters. The first-order valence-corrected chi connectivity index (χ1v) is 2.72. The molecule has 0 spiro atoms. The van der Waals surface area contributed by atoms with Crippen molar-refractivity contribution in [1.29, 1.82) is 5.26 Å². The van der Waals surface area contributed by atoms with Gasteiger partial charge in [0, 0.05) is 32.7 Å². The van der Waals surface area contributed by atoms with Gasteiger partial charge in [0.1, 0.15) is 0 Å². The van der Waals surface area contributed by atoms with E-state index in [-0.39, 0.29) is 32.7 Å². The van der Waals surface area contributed by atoms with Crippen LogP contribution in [0, 0.1) is 24.3 Å². The van der Waals surface area contributed by atoms with E-state index in [0.717, 1.165) is 5.56 Å². The quantitative estimate of drug-likeness (QED) is 0.591. The van der Waals surface area contributed by atoms with E-state index in [0.29, 0.717) is 5.56 Å². The summed E-state index contributed by atoms with van der Waals surface area (Å²) in [6.07, 6.45) is 0. The van der Waals surface area contributed by atoms with Gasteiger partial charge in [0.25, 0.3) is 0 Å². The van der Waals surface area contributed by atoms with Crippen LogP contribution in [0.4, 0.5) is 0 Å². The topological polar surface area (TPSA) is 23.8 Å². The number of nitrogens with zero attached hydrogens (tertiary/aromatic N) is 1. The van der Waals surface area contributed by atoms with Crippen molar-refractivity contribution >= 4 is 0 Å². The van der Waals surface area contributed by atoms with Crippen molar-refractivity contribution in [2.24, 2.45) is 0 Å². The minimum Gasteiger partial charge on any atom is -0.262 e. The normalized spacial score (nSPS) is 7.60. The molecule has 47 valence electrons. The molecule has 0 saturated heterocycles. The molecule has 1 aromatic rings. The van der Waals surface area contributed by atoms with Gasteiger partial charge in [0.2, 0.25) is 0 Å². The molecule has 0 aliphatic heterocycles. The fourth-order valence-corrected chi connectivity index (χ4v) is 0.642. The molecule has 1 radical (unpaired) electrons. The van der Waals surface area contributed by atoms with E-state index in [1.807, 2.05) is 25.1 Å². The SMILES string of the molecule is Cc1ccc[c-]c1C#N.[Y]. The van der Waals surface area contributed by atoms with Crippen molar-refractivity contribution in [3.8, 4) is 6.07 Å². The molecule has 0 heterocycles. The standard InChI is InChI=1S/C8H6N.Y/c1-7-4-2-3-5-8(7)6-9;/h2-4H,1H3;/q-1;. The molecule has 0 aliphatic carbocycles. The van der Waals surface area contributed by atoms with Crippen LogP contribution in [-0.4, -0.2) is 0 Å². The Balaban J connectivity index is 0.000000810.